The fraction of sp³-hybridized carbons (Fsp3) is 0.880. The van der Waals surface area contributed by atoms with E-state index in [0.29, 0.717) is 41.5 Å². The van der Waals surface area contributed by atoms with Gasteiger partial charge in [0.15, 0.2) is 0 Å². The Hall–Kier alpha value is -0.453. The van der Waals surface area contributed by atoms with Crippen molar-refractivity contribution < 1.29 is 14.3 Å². The highest BCUT2D eigenvalue weighted by atomic mass is 28.3. The van der Waals surface area contributed by atoms with E-state index in [9.17, 15) is 9.90 Å². The molecule has 163 valence electrons. The van der Waals surface area contributed by atoms with E-state index < -0.39 is 9.04 Å². The Balaban J connectivity index is 1.63. The van der Waals surface area contributed by atoms with Gasteiger partial charge in [0.2, 0.25) is 9.04 Å². The maximum atomic E-state index is 13.1. The number of hydrogen-bond donors (Lipinski definition) is 1. The number of aliphatic hydroxyl groups is 1. The lowest BCUT2D eigenvalue weighted by Gasteiger charge is -2.58. The zero-order chi connectivity index (χ0) is 21.0. The molecule has 4 rings (SSSR count). The molecule has 0 aromatic rings. The van der Waals surface area contributed by atoms with Gasteiger partial charge in [0.05, 0.1) is 12.0 Å². The quantitative estimate of drug-likeness (QED) is 0.492. The van der Waals surface area contributed by atoms with E-state index >= 15 is 0 Å². The van der Waals surface area contributed by atoms with E-state index in [0.717, 1.165) is 44.9 Å². The molecule has 4 aliphatic carbocycles. The van der Waals surface area contributed by atoms with Crippen molar-refractivity contribution in [2.24, 2.45) is 39.9 Å². The number of rotatable bonds is 4. The Morgan fingerprint density at radius 2 is 1.83 bits per heavy atom. The van der Waals surface area contributed by atoms with Crippen LogP contribution in [0.3, 0.4) is 0 Å². The molecule has 0 aromatic heterocycles. The highest BCUT2D eigenvalue weighted by molar-refractivity contribution is 6.48. The molecule has 3 fully saturated rings. The summed E-state index contributed by atoms with van der Waals surface area (Å²) in [5.74, 6) is 2.73. The highest BCUT2D eigenvalue weighted by Gasteiger charge is 2.61. The van der Waals surface area contributed by atoms with E-state index in [1.807, 2.05) is 0 Å². The molecular formula is C25H41O3Si. The summed E-state index contributed by atoms with van der Waals surface area (Å²) in [6, 6.07) is 0. The first-order chi connectivity index (χ1) is 13.6. The van der Waals surface area contributed by atoms with E-state index in [-0.39, 0.29) is 17.4 Å². The zero-order valence-corrected chi connectivity index (χ0v) is 20.2. The van der Waals surface area contributed by atoms with Crippen molar-refractivity contribution in [3.05, 3.63) is 11.6 Å². The summed E-state index contributed by atoms with van der Waals surface area (Å²) in [6.07, 6.45) is 10.9. The van der Waals surface area contributed by atoms with Crippen LogP contribution in [0, 0.1) is 39.9 Å². The molecule has 4 aliphatic rings. The molecule has 1 N–H and O–H groups in total. The Bertz CT molecular complexity index is 678. The summed E-state index contributed by atoms with van der Waals surface area (Å²) >= 11 is 0. The van der Waals surface area contributed by atoms with E-state index in [4.69, 9.17) is 4.43 Å². The monoisotopic (exact) mass is 417 g/mol. The first-order valence-electron chi connectivity index (χ1n) is 11.9. The molecule has 29 heavy (non-hydrogen) atoms. The van der Waals surface area contributed by atoms with Gasteiger partial charge in [-0.05, 0) is 87.1 Å². The van der Waals surface area contributed by atoms with Crippen molar-refractivity contribution >= 4 is 14.8 Å². The van der Waals surface area contributed by atoms with Gasteiger partial charge in [-0.15, -0.1) is 0 Å². The maximum Gasteiger partial charge on any atom is 0.204 e. The summed E-state index contributed by atoms with van der Waals surface area (Å²) in [4.78, 5) is 13.1. The van der Waals surface area contributed by atoms with Gasteiger partial charge in [0.25, 0.3) is 0 Å². The van der Waals surface area contributed by atoms with Crippen molar-refractivity contribution in [2.45, 2.75) is 85.2 Å². The summed E-state index contributed by atoms with van der Waals surface area (Å²) in [5.41, 5.74) is 1.63. The Morgan fingerprint density at radius 3 is 2.48 bits per heavy atom. The molecular weight excluding hydrogens is 376 g/mol. The Labute approximate surface area is 179 Å². The zero-order valence-electron chi connectivity index (χ0n) is 19.2. The molecule has 0 saturated heterocycles. The lowest BCUT2D eigenvalue weighted by molar-refractivity contribution is -0.138. The fourth-order valence-corrected chi connectivity index (χ4v) is 8.16. The standard InChI is InChI=1S/C25H41O3Si/c1-23(2,3)17-10-12-24(15-26)18(14-17)6-7-19-20-8-9-22(27)25(20,13-11-21(19)24)16-28-29(4)5/h6,17,19-21,26H,7-16H2,1-5H3/t17?,19-,20-,21-,24+,25+/m0/s1. The van der Waals surface area contributed by atoms with Gasteiger partial charge in [-0.25, -0.2) is 0 Å². The SMILES string of the molecule is C[Si](C)OC[C@]12CC[C@H]3[C@@H](CC=C4CC(C(C)(C)C)CC[C@@]43CO)[C@@H]1CCC2=O. The van der Waals surface area contributed by atoms with Crippen LogP contribution in [0.2, 0.25) is 13.1 Å². The molecule has 3 saturated carbocycles. The molecule has 0 bridgehead atoms. The van der Waals surface area contributed by atoms with Gasteiger partial charge in [0.1, 0.15) is 5.78 Å². The van der Waals surface area contributed by atoms with Crippen LogP contribution >= 0.6 is 0 Å². The van der Waals surface area contributed by atoms with Crippen LogP contribution in [0.25, 0.3) is 0 Å². The molecule has 0 heterocycles. The van der Waals surface area contributed by atoms with Gasteiger partial charge >= 0.3 is 0 Å². The van der Waals surface area contributed by atoms with Gasteiger partial charge < -0.3 is 9.53 Å². The summed E-state index contributed by atoms with van der Waals surface area (Å²) < 4.78 is 6.16. The van der Waals surface area contributed by atoms with Gasteiger partial charge in [0, 0.05) is 18.4 Å². The Morgan fingerprint density at radius 1 is 1.14 bits per heavy atom. The van der Waals surface area contributed by atoms with Crippen LogP contribution in [0.1, 0.15) is 72.1 Å². The summed E-state index contributed by atoms with van der Waals surface area (Å²) in [5, 5.41) is 10.7. The lowest BCUT2D eigenvalue weighted by atomic mass is 9.46. The number of carbonyl (C=O) groups excluding carboxylic acids is 1. The lowest BCUT2D eigenvalue weighted by Crippen LogP contribution is -2.55. The number of carbonyl (C=O) groups is 1. The van der Waals surface area contributed by atoms with Crippen LogP contribution in [-0.4, -0.2) is 33.1 Å². The third-order valence-corrected chi connectivity index (χ3v) is 10.1. The molecule has 3 nitrogen and oxygen atoms in total. The number of ketones is 1. The average molecular weight is 418 g/mol. The number of fused-ring (bicyclic) bond motifs is 5. The van der Waals surface area contributed by atoms with Crippen molar-refractivity contribution in [1.82, 2.24) is 0 Å². The minimum absolute atomic E-state index is 0.0201. The molecule has 1 unspecified atom stereocenters. The molecule has 0 spiro atoms. The third-order valence-electron chi connectivity index (χ3n) is 9.40. The largest absolute Gasteiger partial charge is 0.416 e. The van der Waals surface area contributed by atoms with E-state index in [1.165, 1.54) is 6.42 Å². The van der Waals surface area contributed by atoms with Crippen LogP contribution in [0.4, 0.5) is 0 Å². The second kappa shape index (κ2) is 7.60. The predicted octanol–water partition coefficient (Wildman–Crippen LogP) is 5.40. The molecule has 0 amide bonds. The predicted molar refractivity (Wildman–Crippen MR) is 119 cm³/mol. The summed E-state index contributed by atoms with van der Waals surface area (Å²) in [7, 11) is -0.788. The van der Waals surface area contributed by atoms with Gasteiger partial charge in [-0.3, -0.25) is 4.79 Å². The van der Waals surface area contributed by atoms with Crippen LogP contribution in [0.15, 0.2) is 11.6 Å². The van der Waals surface area contributed by atoms with E-state index in [1.54, 1.807) is 5.57 Å². The highest BCUT2D eigenvalue weighted by Crippen LogP contribution is 2.65. The van der Waals surface area contributed by atoms with Crippen molar-refractivity contribution in [2.75, 3.05) is 13.2 Å². The first kappa shape index (κ1) is 21.8. The minimum atomic E-state index is -0.788. The molecule has 0 aromatic carbocycles. The van der Waals surface area contributed by atoms with Crippen molar-refractivity contribution in [3.8, 4) is 0 Å². The number of hydrogen-bond acceptors (Lipinski definition) is 3. The van der Waals surface area contributed by atoms with E-state index in [2.05, 4.69) is 39.9 Å². The van der Waals surface area contributed by atoms with Crippen molar-refractivity contribution in [3.63, 3.8) is 0 Å². The third kappa shape index (κ3) is 3.42. The Kier molecular flexibility index (Phi) is 5.70. The molecule has 4 heteroatoms. The fourth-order valence-electron chi connectivity index (χ4n) is 7.61. The molecule has 0 aliphatic heterocycles. The number of aliphatic hydroxyl groups excluding tert-OH is 1. The van der Waals surface area contributed by atoms with Gasteiger partial charge in [-0.1, -0.05) is 32.4 Å². The van der Waals surface area contributed by atoms with Crippen molar-refractivity contribution in [1.29, 1.82) is 0 Å². The molecule has 1 radical (unpaired) electrons. The second-order valence-corrected chi connectivity index (χ2v) is 13.9. The number of Topliss-reactive ketones (excluding diaryl/α,β-unsaturated/α-hetero) is 1. The maximum absolute atomic E-state index is 13.1. The second-order valence-electron chi connectivity index (χ2n) is 11.8. The average Bonchev–Trinajstić information content (AvgIpc) is 3.01. The smallest absolute Gasteiger partial charge is 0.204 e. The van der Waals surface area contributed by atoms with Crippen LogP contribution in [-0.2, 0) is 9.22 Å². The van der Waals surface area contributed by atoms with Gasteiger partial charge in [-0.2, -0.15) is 0 Å². The topological polar surface area (TPSA) is 46.5 Å². The summed E-state index contributed by atoms with van der Waals surface area (Å²) in [6.45, 7) is 12.4. The normalized spacial score (nSPS) is 42.3. The van der Waals surface area contributed by atoms with Crippen LogP contribution in [0.5, 0.6) is 0 Å². The number of allylic oxidation sites excluding steroid dienone is 1. The minimum Gasteiger partial charge on any atom is -0.416 e. The first-order valence-corrected chi connectivity index (χ1v) is 14.3. The molecule has 6 atom stereocenters. The van der Waals surface area contributed by atoms with Crippen LogP contribution < -0.4 is 0 Å².